The first-order valence-corrected chi connectivity index (χ1v) is 8.32. The average molecular weight is 367 g/mol. The molecule has 0 aliphatic carbocycles. The largest absolute Gasteiger partial charge is 0.376 e. The van der Waals surface area contributed by atoms with E-state index in [9.17, 15) is 4.79 Å². The summed E-state index contributed by atoms with van der Waals surface area (Å²) in [5.41, 5.74) is 0.712. The van der Waals surface area contributed by atoms with E-state index in [-0.39, 0.29) is 17.7 Å². The maximum absolute atomic E-state index is 12.3. The lowest BCUT2D eigenvalue weighted by Gasteiger charge is -2.11. The third-order valence-electron chi connectivity index (χ3n) is 3.58. The number of anilines is 2. The topological polar surface area (TPSA) is 76.1 Å². The monoisotopic (exact) mass is 366 g/mol. The number of hydrogen-bond donors (Lipinski definition) is 2. The second-order valence-electron chi connectivity index (χ2n) is 5.36. The Kier molecular flexibility index (Phi) is 5.50. The number of amides is 1. The summed E-state index contributed by atoms with van der Waals surface area (Å²) in [4.78, 5) is 20.7. The molecule has 2 aromatic rings. The third kappa shape index (κ3) is 4.35. The number of nitrogens with one attached hydrogen (secondary N) is 2. The van der Waals surface area contributed by atoms with Crippen molar-refractivity contribution in [3.63, 3.8) is 0 Å². The highest BCUT2D eigenvalue weighted by molar-refractivity contribution is 6.36. The van der Waals surface area contributed by atoms with Gasteiger partial charge < -0.3 is 15.4 Å². The van der Waals surface area contributed by atoms with E-state index in [2.05, 4.69) is 20.6 Å². The zero-order chi connectivity index (χ0) is 16.9. The Morgan fingerprint density at radius 3 is 2.96 bits per heavy atom. The molecule has 0 bridgehead atoms. The summed E-state index contributed by atoms with van der Waals surface area (Å²) in [6.07, 6.45) is 3.78. The predicted octanol–water partition coefficient (Wildman–Crippen LogP) is 3.63. The lowest BCUT2D eigenvalue weighted by atomic mass is 10.2. The van der Waals surface area contributed by atoms with Crippen LogP contribution < -0.4 is 10.6 Å². The zero-order valence-corrected chi connectivity index (χ0v) is 14.3. The van der Waals surface area contributed by atoms with Crippen LogP contribution in [0.2, 0.25) is 10.0 Å². The Labute approximate surface area is 149 Å². The van der Waals surface area contributed by atoms with Gasteiger partial charge in [0.15, 0.2) is 0 Å². The standard InChI is InChI=1S/C16H16Cl2N4O2/c17-10-3-4-13(12(18)8-10)21-15(23)14-5-6-19-16(22-14)20-9-11-2-1-7-24-11/h3-6,8,11H,1-2,7,9H2,(H,21,23)(H,19,20,22). The smallest absolute Gasteiger partial charge is 0.274 e. The Balaban J connectivity index is 1.65. The molecule has 1 saturated heterocycles. The zero-order valence-electron chi connectivity index (χ0n) is 12.8. The summed E-state index contributed by atoms with van der Waals surface area (Å²) in [7, 11) is 0. The minimum absolute atomic E-state index is 0.166. The second kappa shape index (κ2) is 7.79. The number of carbonyl (C=O) groups excluding carboxylic acids is 1. The number of halogens is 2. The molecule has 1 aliphatic heterocycles. The van der Waals surface area contributed by atoms with E-state index >= 15 is 0 Å². The summed E-state index contributed by atoms with van der Waals surface area (Å²) < 4.78 is 5.53. The average Bonchev–Trinajstić information content (AvgIpc) is 3.09. The van der Waals surface area contributed by atoms with Crippen LogP contribution in [0.15, 0.2) is 30.5 Å². The molecular weight excluding hydrogens is 351 g/mol. The van der Waals surface area contributed by atoms with Crippen molar-refractivity contribution in [2.24, 2.45) is 0 Å². The molecule has 8 heteroatoms. The van der Waals surface area contributed by atoms with Crippen LogP contribution >= 0.6 is 23.2 Å². The highest BCUT2D eigenvalue weighted by atomic mass is 35.5. The lowest BCUT2D eigenvalue weighted by Crippen LogP contribution is -2.21. The van der Waals surface area contributed by atoms with E-state index in [1.165, 1.54) is 12.3 Å². The van der Waals surface area contributed by atoms with Crippen LogP contribution in [0.25, 0.3) is 0 Å². The van der Waals surface area contributed by atoms with Gasteiger partial charge in [-0.3, -0.25) is 4.79 Å². The van der Waals surface area contributed by atoms with Crippen molar-refractivity contribution in [2.45, 2.75) is 18.9 Å². The van der Waals surface area contributed by atoms with Crippen molar-refractivity contribution in [3.8, 4) is 0 Å². The lowest BCUT2D eigenvalue weighted by molar-refractivity contribution is 0.102. The van der Waals surface area contributed by atoms with Crippen LogP contribution in [0.1, 0.15) is 23.3 Å². The summed E-state index contributed by atoms with van der Waals surface area (Å²) in [5.74, 6) is 0.0159. The molecule has 126 valence electrons. The molecule has 3 rings (SSSR count). The molecule has 1 atom stereocenters. The first kappa shape index (κ1) is 17.0. The van der Waals surface area contributed by atoms with Crippen molar-refractivity contribution in [3.05, 3.63) is 46.2 Å². The minimum Gasteiger partial charge on any atom is -0.376 e. The fourth-order valence-corrected chi connectivity index (χ4v) is 2.81. The van der Waals surface area contributed by atoms with Gasteiger partial charge in [-0.2, -0.15) is 0 Å². The van der Waals surface area contributed by atoms with E-state index in [0.29, 0.717) is 28.2 Å². The SMILES string of the molecule is O=C(Nc1ccc(Cl)cc1Cl)c1ccnc(NCC2CCCO2)n1. The van der Waals surface area contributed by atoms with Crippen LogP contribution in [0.3, 0.4) is 0 Å². The van der Waals surface area contributed by atoms with Gasteiger partial charge in [-0.25, -0.2) is 9.97 Å². The van der Waals surface area contributed by atoms with Crippen molar-refractivity contribution >= 4 is 40.7 Å². The van der Waals surface area contributed by atoms with Gasteiger partial charge in [0.05, 0.1) is 16.8 Å². The van der Waals surface area contributed by atoms with Crippen molar-refractivity contribution < 1.29 is 9.53 Å². The van der Waals surface area contributed by atoms with Crippen LogP contribution in [0, 0.1) is 0 Å². The Morgan fingerprint density at radius 1 is 1.33 bits per heavy atom. The molecule has 1 aromatic carbocycles. The second-order valence-corrected chi connectivity index (χ2v) is 6.20. The van der Waals surface area contributed by atoms with E-state index in [1.54, 1.807) is 18.2 Å². The van der Waals surface area contributed by atoms with Gasteiger partial charge in [0.1, 0.15) is 5.69 Å². The third-order valence-corrected chi connectivity index (χ3v) is 4.13. The van der Waals surface area contributed by atoms with Gasteiger partial charge in [0.2, 0.25) is 5.95 Å². The molecule has 1 aromatic heterocycles. The number of benzene rings is 1. The molecule has 1 amide bonds. The summed E-state index contributed by atoms with van der Waals surface area (Å²) in [6, 6.07) is 6.39. The fraction of sp³-hybridized carbons (Fsp3) is 0.312. The van der Waals surface area contributed by atoms with E-state index in [4.69, 9.17) is 27.9 Å². The maximum atomic E-state index is 12.3. The van der Waals surface area contributed by atoms with Crippen molar-refractivity contribution in [1.82, 2.24) is 9.97 Å². The van der Waals surface area contributed by atoms with E-state index in [1.807, 2.05) is 0 Å². The van der Waals surface area contributed by atoms with Gasteiger partial charge in [-0.1, -0.05) is 23.2 Å². The quantitative estimate of drug-likeness (QED) is 0.844. The normalized spacial score (nSPS) is 16.8. The molecule has 1 unspecified atom stereocenters. The molecule has 2 heterocycles. The van der Waals surface area contributed by atoms with Crippen molar-refractivity contribution in [2.75, 3.05) is 23.8 Å². The van der Waals surface area contributed by atoms with E-state index in [0.717, 1.165) is 19.4 Å². The molecule has 6 nitrogen and oxygen atoms in total. The number of rotatable bonds is 5. The predicted molar refractivity (Wildman–Crippen MR) is 93.9 cm³/mol. The number of aromatic nitrogens is 2. The summed E-state index contributed by atoms with van der Waals surface area (Å²) >= 11 is 11.9. The first-order chi connectivity index (χ1) is 11.6. The fourth-order valence-electron chi connectivity index (χ4n) is 2.36. The highest BCUT2D eigenvalue weighted by Gasteiger charge is 2.16. The first-order valence-electron chi connectivity index (χ1n) is 7.57. The molecule has 24 heavy (non-hydrogen) atoms. The number of hydrogen-bond acceptors (Lipinski definition) is 5. The molecule has 0 radical (unpaired) electrons. The summed E-state index contributed by atoms with van der Waals surface area (Å²) in [5, 5.41) is 6.66. The maximum Gasteiger partial charge on any atom is 0.274 e. The number of carbonyl (C=O) groups is 1. The van der Waals surface area contributed by atoms with Crippen LogP contribution in [0.4, 0.5) is 11.6 Å². The Hall–Kier alpha value is -1.89. The minimum atomic E-state index is -0.373. The molecular formula is C16H16Cl2N4O2. The van der Waals surface area contributed by atoms with Crippen molar-refractivity contribution in [1.29, 1.82) is 0 Å². The summed E-state index contributed by atoms with van der Waals surface area (Å²) in [6.45, 7) is 1.41. The Bertz CT molecular complexity index is 736. The number of ether oxygens (including phenoxy) is 1. The molecule has 1 aliphatic rings. The Morgan fingerprint density at radius 2 is 2.21 bits per heavy atom. The van der Waals surface area contributed by atoms with Crippen LogP contribution in [-0.4, -0.2) is 35.1 Å². The molecule has 2 N–H and O–H groups in total. The van der Waals surface area contributed by atoms with Gasteiger partial charge in [0, 0.05) is 24.4 Å². The van der Waals surface area contributed by atoms with E-state index < -0.39 is 0 Å². The molecule has 0 spiro atoms. The molecule has 1 fully saturated rings. The van der Waals surface area contributed by atoms with Gasteiger partial charge in [-0.15, -0.1) is 0 Å². The van der Waals surface area contributed by atoms with Crippen LogP contribution in [0.5, 0.6) is 0 Å². The van der Waals surface area contributed by atoms with Gasteiger partial charge in [-0.05, 0) is 37.1 Å². The van der Waals surface area contributed by atoms with Gasteiger partial charge in [0.25, 0.3) is 5.91 Å². The molecule has 0 saturated carbocycles. The number of nitrogens with zero attached hydrogens (tertiary/aromatic N) is 2. The van der Waals surface area contributed by atoms with Crippen LogP contribution in [-0.2, 0) is 4.74 Å². The highest BCUT2D eigenvalue weighted by Crippen LogP contribution is 2.25. The van der Waals surface area contributed by atoms with Gasteiger partial charge >= 0.3 is 0 Å².